The number of hydrogen-bond donors (Lipinski definition) is 2. The van der Waals surface area contributed by atoms with E-state index in [0.717, 1.165) is 12.1 Å². The van der Waals surface area contributed by atoms with Crippen LogP contribution in [0.2, 0.25) is 5.02 Å². The highest BCUT2D eigenvalue weighted by molar-refractivity contribution is 6.30. The molecule has 1 heterocycles. The van der Waals surface area contributed by atoms with Crippen molar-refractivity contribution >= 4 is 34.6 Å². The summed E-state index contributed by atoms with van der Waals surface area (Å²) in [5.41, 5.74) is 0.895. The first-order valence-electron chi connectivity index (χ1n) is 7.26. The predicted molar refractivity (Wildman–Crippen MR) is 93.3 cm³/mol. The molecular weight excluding hydrogens is 348 g/mol. The minimum atomic E-state index is -0.852. The third-order valence-corrected chi connectivity index (χ3v) is 3.55. The number of benzene rings is 2. The number of carbonyl (C=O) groups excluding carboxylic acids is 1. The normalized spacial score (nSPS) is 10.4. The van der Waals surface area contributed by atoms with E-state index in [1.807, 2.05) is 0 Å². The van der Waals surface area contributed by atoms with Crippen molar-refractivity contribution in [2.75, 3.05) is 10.6 Å². The van der Waals surface area contributed by atoms with Gasteiger partial charge in [0, 0.05) is 16.9 Å². The molecule has 0 spiro atoms. The van der Waals surface area contributed by atoms with E-state index < -0.39 is 23.2 Å². The maximum absolute atomic E-state index is 13.6. The van der Waals surface area contributed by atoms with Gasteiger partial charge in [-0.1, -0.05) is 23.7 Å². The Hall–Kier alpha value is -2.99. The molecule has 1 amide bonds. The number of para-hydroxylation sites is 1. The van der Waals surface area contributed by atoms with Gasteiger partial charge in [0.25, 0.3) is 5.91 Å². The summed E-state index contributed by atoms with van der Waals surface area (Å²) in [6.45, 7) is 0. The molecule has 4 nitrogen and oxygen atoms in total. The van der Waals surface area contributed by atoms with Gasteiger partial charge in [0.1, 0.15) is 17.3 Å². The molecule has 0 unspecified atom stereocenters. The Bertz CT molecular complexity index is 913. The number of halogens is 3. The molecule has 7 heteroatoms. The number of aromatic nitrogens is 1. The quantitative estimate of drug-likeness (QED) is 0.688. The Balaban J connectivity index is 1.80. The molecule has 126 valence electrons. The van der Waals surface area contributed by atoms with Crippen LogP contribution in [0.3, 0.4) is 0 Å². The van der Waals surface area contributed by atoms with Crippen molar-refractivity contribution < 1.29 is 13.6 Å². The molecule has 0 saturated carbocycles. The number of carbonyl (C=O) groups is 1. The lowest BCUT2D eigenvalue weighted by Gasteiger charge is -2.10. The maximum atomic E-state index is 13.6. The van der Waals surface area contributed by atoms with Gasteiger partial charge in [-0.2, -0.15) is 0 Å². The molecule has 3 aromatic rings. The number of nitrogens with zero attached hydrogens (tertiary/aromatic N) is 1. The molecule has 0 fully saturated rings. The number of amides is 1. The predicted octanol–water partition coefficient (Wildman–Crippen LogP) is 5.01. The zero-order valence-electron chi connectivity index (χ0n) is 12.8. The number of hydrogen-bond acceptors (Lipinski definition) is 3. The summed E-state index contributed by atoms with van der Waals surface area (Å²) in [6, 6.07) is 11.9. The average molecular weight is 360 g/mol. The molecule has 0 aliphatic rings. The molecule has 0 radical (unpaired) electrons. The first kappa shape index (κ1) is 16.9. The number of anilines is 3. The zero-order valence-corrected chi connectivity index (χ0v) is 13.5. The molecule has 0 aliphatic heterocycles. The van der Waals surface area contributed by atoms with Crippen molar-refractivity contribution in [3.63, 3.8) is 0 Å². The van der Waals surface area contributed by atoms with Crippen LogP contribution in [-0.2, 0) is 0 Å². The second-order valence-corrected chi connectivity index (χ2v) is 5.58. The van der Waals surface area contributed by atoms with Crippen LogP contribution in [0, 0.1) is 11.6 Å². The smallest absolute Gasteiger partial charge is 0.257 e. The van der Waals surface area contributed by atoms with Crippen LogP contribution in [0.5, 0.6) is 0 Å². The molecule has 0 saturated heterocycles. The number of pyridine rings is 1. The van der Waals surface area contributed by atoms with Gasteiger partial charge >= 0.3 is 0 Å². The fourth-order valence-electron chi connectivity index (χ4n) is 2.17. The molecule has 1 aromatic heterocycles. The Morgan fingerprint density at radius 3 is 2.40 bits per heavy atom. The van der Waals surface area contributed by atoms with E-state index in [0.29, 0.717) is 16.4 Å². The van der Waals surface area contributed by atoms with Gasteiger partial charge in [-0.3, -0.25) is 9.78 Å². The lowest BCUT2D eigenvalue weighted by Crippen LogP contribution is -2.14. The largest absolute Gasteiger partial charge is 0.354 e. The van der Waals surface area contributed by atoms with E-state index in [-0.39, 0.29) is 5.56 Å². The lowest BCUT2D eigenvalue weighted by atomic mass is 10.2. The minimum Gasteiger partial charge on any atom is -0.354 e. The Morgan fingerprint density at radius 1 is 0.960 bits per heavy atom. The molecule has 0 atom stereocenters. The molecule has 3 rings (SSSR count). The Morgan fingerprint density at radius 2 is 1.68 bits per heavy atom. The minimum absolute atomic E-state index is 0.148. The second kappa shape index (κ2) is 7.27. The second-order valence-electron chi connectivity index (χ2n) is 5.15. The highest BCUT2D eigenvalue weighted by atomic mass is 35.5. The van der Waals surface area contributed by atoms with Gasteiger partial charge in [0.2, 0.25) is 0 Å². The molecule has 2 aromatic carbocycles. The third kappa shape index (κ3) is 4.10. The van der Waals surface area contributed by atoms with E-state index in [1.54, 1.807) is 24.3 Å². The van der Waals surface area contributed by atoms with Gasteiger partial charge < -0.3 is 10.6 Å². The van der Waals surface area contributed by atoms with Crippen LogP contribution in [0.4, 0.5) is 25.8 Å². The van der Waals surface area contributed by atoms with Gasteiger partial charge in [0.05, 0.1) is 17.4 Å². The summed E-state index contributed by atoms with van der Waals surface area (Å²) in [5, 5.41) is 5.83. The summed E-state index contributed by atoms with van der Waals surface area (Å²) < 4.78 is 27.3. The molecule has 2 N–H and O–H groups in total. The summed E-state index contributed by atoms with van der Waals surface area (Å²) in [6.07, 6.45) is 2.82. The molecule has 0 aliphatic carbocycles. The van der Waals surface area contributed by atoms with Crippen molar-refractivity contribution in [2.24, 2.45) is 0 Å². The average Bonchev–Trinajstić information content (AvgIpc) is 2.58. The summed E-state index contributed by atoms with van der Waals surface area (Å²) >= 11 is 5.92. The highest BCUT2D eigenvalue weighted by Crippen LogP contribution is 2.22. The zero-order chi connectivity index (χ0) is 17.8. The molecule has 25 heavy (non-hydrogen) atoms. The van der Waals surface area contributed by atoms with E-state index in [9.17, 15) is 13.6 Å². The van der Waals surface area contributed by atoms with Crippen LogP contribution in [0.1, 0.15) is 10.4 Å². The summed E-state index contributed by atoms with van der Waals surface area (Å²) in [5.74, 6) is -2.38. The summed E-state index contributed by atoms with van der Waals surface area (Å²) in [7, 11) is 0. The van der Waals surface area contributed by atoms with Crippen molar-refractivity contribution in [3.05, 3.63) is 83.1 Å². The van der Waals surface area contributed by atoms with Crippen molar-refractivity contribution in [3.8, 4) is 0 Å². The number of nitrogens with one attached hydrogen (secondary N) is 2. The van der Waals surface area contributed by atoms with Gasteiger partial charge in [-0.05, 0) is 36.4 Å². The topological polar surface area (TPSA) is 54.0 Å². The number of rotatable bonds is 4. The van der Waals surface area contributed by atoms with Crippen LogP contribution in [-0.4, -0.2) is 10.9 Å². The molecular formula is C18H12ClF2N3O. The summed E-state index contributed by atoms with van der Waals surface area (Å²) in [4.78, 5) is 16.2. The maximum Gasteiger partial charge on any atom is 0.257 e. The van der Waals surface area contributed by atoms with Gasteiger partial charge in [-0.25, -0.2) is 8.78 Å². The lowest BCUT2D eigenvalue weighted by molar-refractivity contribution is 0.102. The van der Waals surface area contributed by atoms with E-state index in [2.05, 4.69) is 15.6 Å². The van der Waals surface area contributed by atoms with Gasteiger partial charge in [0.15, 0.2) is 0 Å². The fourth-order valence-corrected chi connectivity index (χ4v) is 2.36. The Kier molecular flexibility index (Phi) is 4.90. The highest BCUT2D eigenvalue weighted by Gasteiger charge is 2.14. The van der Waals surface area contributed by atoms with E-state index >= 15 is 0 Å². The SMILES string of the molecule is O=C(Nc1c(F)cccc1F)c1cncc(Nc2cccc(Cl)c2)c1. The van der Waals surface area contributed by atoms with Crippen molar-refractivity contribution in [2.45, 2.75) is 0 Å². The molecule has 0 bridgehead atoms. The van der Waals surface area contributed by atoms with E-state index in [4.69, 9.17) is 11.6 Å². The third-order valence-electron chi connectivity index (χ3n) is 3.32. The van der Waals surface area contributed by atoms with Crippen molar-refractivity contribution in [1.82, 2.24) is 4.98 Å². The van der Waals surface area contributed by atoms with Crippen LogP contribution in [0.15, 0.2) is 60.9 Å². The monoisotopic (exact) mass is 359 g/mol. The Labute approximate surface area is 147 Å². The van der Waals surface area contributed by atoms with Crippen LogP contribution < -0.4 is 10.6 Å². The van der Waals surface area contributed by atoms with Crippen molar-refractivity contribution in [1.29, 1.82) is 0 Å². The first-order valence-corrected chi connectivity index (χ1v) is 7.64. The fraction of sp³-hybridized carbons (Fsp3) is 0. The van der Waals surface area contributed by atoms with Crippen LogP contribution >= 0.6 is 11.6 Å². The van der Waals surface area contributed by atoms with Crippen LogP contribution in [0.25, 0.3) is 0 Å². The van der Waals surface area contributed by atoms with Gasteiger partial charge in [-0.15, -0.1) is 0 Å². The van der Waals surface area contributed by atoms with E-state index in [1.165, 1.54) is 24.5 Å². The first-order chi connectivity index (χ1) is 12.0. The standard InChI is InChI=1S/C18H12ClF2N3O/c19-12-3-1-4-13(8-12)23-14-7-11(9-22-10-14)18(25)24-17-15(20)5-2-6-16(17)21/h1-10,23H,(H,24,25).